The number of aryl methyl sites for hydroxylation is 2. The second kappa shape index (κ2) is 9.15. The third-order valence-electron chi connectivity index (χ3n) is 5.73. The van der Waals surface area contributed by atoms with Crippen molar-refractivity contribution < 1.29 is 19.7 Å². The molecule has 2 aromatic heterocycles. The van der Waals surface area contributed by atoms with Gasteiger partial charge in [-0.3, -0.25) is 14.2 Å². The first-order valence-corrected chi connectivity index (χ1v) is 12.7. The number of carbonyl (C=O) groups is 1. The van der Waals surface area contributed by atoms with E-state index >= 15 is 0 Å². The van der Waals surface area contributed by atoms with Gasteiger partial charge in [-0.2, -0.15) is 0 Å². The number of nitrogens with zero attached hydrogens (tertiary/aromatic N) is 2. The van der Waals surface area contributed by atoms with Gasteiger partial charge >= 0.3 is 0 Å². The number of phenols is 2. The van der Waals surface area contributed by atoms with Crippen LogP contribution in [0, 0.1) is 0 Å². The molecular weight excluding hydrogens is 472 g/mol. The van der Waals surface area contributed by atoms with Crippen LogP contribution >= 0.6 is 23.1 Å². The number of thioether (sulfide) groups is 1. The number of phenolic OH excluding ortho intramolecular Hbond substituents is 2. The Balaban J connectivity index is 1.56. The molecule has 174 valence electrons. The lowest BCUT2D eigenvalue weighted by molar-refractivity contribution is 0.102. The highest BCUT2D eigenvalue weighted by molar-refractivity contribution is 7.99. The second-order valence-electron chi connectivity index (χ2n) is 7.91. The van der Waals surface area contributed by atoms with E-state index in [-0.39, 0.29) is 34.2 Å². The molecule has 9 heteroatoms. The van der Waals surface area contributed by atoms with Gasteiger partial charge in [0, 0.05) is 10.9 Å². The maximum Gasteiger partial charge on any atom is 0.267 e. The van der Waals surface area contributed by atoms with Crippen LogP contribution < -0.4 is 10.3 Å². The lowest BCUT2D eigenvalue weighted by Crippen LogP contribution is -2.22. The summed E-state index contributed by atoms with van der Waals surface area (Å²) in [5, 5.41) is 20.6. The fourth-order valence-electron chi connectivity index (χ4n) is 4.17. The number of rotatable bonds is 7. The largest absolute Gasteiger partial charge is 0.508 e. The average Bonchev–Trinajstić information content (AvgIpc) is 3.39. The predicted octanol–water partition coefficient (Wildman–Crippen LogP) is 4.72. The van der Waals surface area contributed by atoms with Crippen LogP contribution in [0.4, 0.5) is 0 Å². The van der Waals surface area contributed by atoms with Gasteiger partial charge < -0.3 is 14.9 Å². The van der Waals surface area contributed by atoms with Crippen molar-refractivity contribution in [3.05, 3.63) is 68.8 Å². The topological polar surface area (TPSA) is 102 Å². The molecule has 0 aliphatic heterocycles. The van der Waals surface area contributed by atoms with Crippen LogP contribution in [0.2, 0.25) is 0 Å². The molecule has 34 heavy (non-hydrogen) atoms. The van der Waals surface area contributed by atoms with E-state index in [1.54, 1.807) is 15.9 Å². The molecule has 0 saturated heterocycles. The monoisotopic (exact) mass is 494 g/mol. The predicted molar refractivity (Wildman–Crippen MR) is 133 cm³/mol. The zero-order chi connectivity index (χ0) is 23.8. The Labute approximate surface area is 203 Å². The Morgan fingerprint density at radius 2 is 1.97 bits per heavy atom. The maximum absolute atomic E-state index is 13.7. The zero-order valence-electron chi connectivity index (χ0n) is 18.4. The number of Topliss-reactive ketones (excluding diaryl/α,β-unsaturated/α-hetero) is 1. The summed E-state index contributed by atoms with van der Waals surface area (Å²) < 4.78 is 7.08. The summed E-state index contributed by atoms with van der Waals surface area (Å²) in [6.45, 7) is 2.45. The molecule has 0 radical (unpaired) electrons. The Morgan fingerprint density at radius 3 is 2.71 bits per heavy atom. The molecule has 0 spiro atoms. The summed E-state index contributed by atoms with van der Waals surface area (Å²) in [6.07, 6.45) is 2.88. The number of hydrogen-bond donors (Lipinski definition) is 2. The zero-order valence-corrected chi connectivity index (χ0v) is 20.0. The SMILES string of the molecule is CCOc1ccc(-n2c(SCC(=O)c3ccc(O)cc3O)nc3sc4c(c3c2=O)CCC4)cc1. The van der Waals surface area contributed by atoms with Gasteiger partial charge in [0.05, 0.1) is 29.0 Å². The molecular formula is C25H22N2O5S2. The van der Waals surface area contributed by atoms with Crippen LogP contribution in [0.15, 0.2) is 52.4 Å². The average molecular weight is 495 g/mol. The van der Waals surface area contributed by atoms with E-state index in [2.05, 4.69) is 0 Å². The van der Waals surface area contributed by atoms with Gasteiger partial charge in [0.15, 0.2) is 10.9 Å². The quantitative estimate of drug-likeness (QED) is 0.218. The normalized spacial score (nSPS) is 12.7. The van der Waals surface area contributed by atoms with E-state index < -0.39 is 0 Å². The standard InChI is InChI=1S/C25H22N2O5S2/c1-2-32-16-9-6-14(7-10-16)27-24(31)22-18-4-3-5-21(18)34-23(22)26-25(27)33-13-20(30)17-11-8-15(28)12-19(17)29/h6-12,28-29H,2-5,13H2,1H3. The van der Waals surface area contributed by atoms with E-state index in [1.807, 2.05) is 31.2 Å². The van der Waals surface area contributed by atoms with Crippen molar-refractivity contribution in [1.82, 2.24) is 9.55 Å². The number of carbonyl (C=O) groups excluding carboxylic acids is 1. The molecule has 4 aromatic rings. The first kappa shape index (κ1) is 22.5. The molecule has 1 aliphatic rings. The Kier molecular flexibility index (Phi) is 6.05. The summed E-state index contributed by atoms with van der Waals surface area (Å²) in [6, 6.07) is 11.1. The highest BCUT2D eigenvalue weighted by Gasteiger charge is 2.24. The Morgan fingerprint density at radius 1 is 1.18 bits per heavy atom. The van der Waals surface area contributed by atoms with Gasteiger partial charge in [-0.15, -0.1) is 11.3 Å². The number of hydrogen-bond acceptors (Lipinski definition) is 8. The van der Waals surface area contributed by atoms with E-state index in [0.717, 1.165) is 42.7 Å². The molecule has 0 saturated carbocycles. The molecule has 0 bridgehead atoms. The first-order chi connectivity index (χ1) is 16.5. The molecule has 2 aromatic carbocycles. The van der Waals surface area contributed by atoms with Crippen LogP contribution in [0.1, 0.15) is 34.1 Å². The van der Waals surface area contributed by atoms with Crippen molar-refractivity contribution >= 4 is 39.1 Å². The van der Waals surface area contributed by atoms with Crippen molar-refractivity contribution in [3.8, 4) is 22.9 Å². The molecule has 1 aliphatic carbocycles. The van der Waals surface area contributed by atoms with Gasteiger partial charge in [-0.25, -0.2) is 4.98 Å². The summed E-state index contributed by atoms with van der Waals surface area (Å²) in [5.74, 6) is -0.0597. The number of fused-ring (bicyclic) bond motifs is 3. The lowest BCUT2D eigenvalue weighted by atomic mass is 10.1. The fourth-order valence-corrected chi connectivity index (χ4v) is 6.37. The number of ketones is 1. The van der Waals surface area contributed by atoms with Gasteiger partial charge in [0.25, 0.3) is 5.56 Å². The highest BCUT2D eigenvalue weighted by Crippen LogP contribution is 2.36. The first-order valence-electron chi connectivity index (χ1n) is 10.9. The second-order valence-corrected chi connectivity index (χ2v) is 9.94. The van der Waals surface area contributed by atoms with E-state index in [1.165, 1.54) is 17.0 Å². The van der Waals surface area contributed by atoms with E-state index in [4.69, 9.17) is 9.72 Å². The highest BCUT2D eigenvalue weighted by atomic mass is 32.2. The van der Waals surface area contributed by atoms with Gasteiger partial charge in [-0.1, -0.05) is 11.8 Å². The van der Waals surface area contributed by atoms with Crippen LogP contribution in [0.5, 0.6) is 17.2 Å². The van der Waals surface area contributed by atoms with E-state index in [0.29, 0.717) is 33.4 Å². The third-order valence-corrected chi connectivity index (χ3v) is 7.85. The third kappa shape index (κ3) is 4.05. The number of benzene rings is 2. The minimum atomic E-state index is -0.330. The van der Waals surface area contributed by atoms with Gasteiger partial charge in [0.2, 0.25) is 0 Å². The summed E-state index contributed by atoms with van der Waals surface area (Å²) in [5.41, 5.74) is 1.70. The minimum Gasteiger partial charge on any atom is -0.508 e. The summed E-state index contributed by atoms with van der Waals surface area (Å²) in [4.78, 5) is 33.2. The maximum atomic E-state index is 13.7. The molecule has 2 heterocycles. The number of ether oxygens (including phenoxy) is 1. The molecule has 5 rings (SSSR count). The molecule has 0 fully saturated rings. The van der Waals surface area contributed by atoms with Crippen molar-refractivity contribution in [2.45, 2.75) is 31.3 Å². The summed E-state index contributed by atoms with van der Waals surface area (Å²) in [7, 11) is 0. The van der Waals surface area contributed by atoms with Crippen LogP contribution in [0.25, 0.3) is 15.9 Å². The molecule has 0 atom stereocenters. The van der Waals surface area contributed by atoms with Crippen LogP contribution in [-0.4, -0.2) is 37.9 Å². The lowest BCUT2D eigenvalue weighted by Gasteiger charge is -2.13. The van der Waals surface area contributed by atoms with Crippen LogP contribution in [-0.2, 0) is 12.8 Å². The molecule has 7 nitrogen and oxygen atoms in total. The molecule has 2 N–H and O–H groups in total. The van der Waals surface area contributed by atoms with Gasteiger partial charge in [0.1, 0.15) is 22.1 Å². The van der Waals surface area contributed by atoms with Crippen molar-refractivity contribution in [1.29, 1.82) is 0 Å². The van der Waals surface area contributed by atoms with Crippen LogP contribution in [0.3, 0.4) is 0 Å². The molecule has 0 amide bonds. The number of aromatic nitrogens is 2. The summed E-state index contributed by atoms with van der Waals surface area (Å²) >= 11 is 2.70. The Hall–Kier alpha value is -3.30. The van der Waals surface area contributed by atoms with E-state index in [9.17, 15) is 19.8 Å². The molecule has 0 unspecified atom stereocenters. The van der Waals surface area contributed by atoms with Gasteiger partial charge in [-0.05, 0) is 68.1 Å². The fraction of sp³-hybridized carbons (Fsp3) is 0.240. The smallest absolute Gasteiger partial charge is 0.267 e. The minimum absolute atomic E-state index is 0.0294. The Bertz CT molecular complexity index is 1460. The van der Waals surface area contributed by atoms with Crippen molar-refractivity contribution in [3.63, 3.8) is 0 Å². The number of thiophene rings is 1. The van der Waals surface area contributed by atoms with Crippen molar-refractivity contribution in [2.75, 3.05) is 12.4 Å². The number of aromatic hydroxyl groups is 2. The van der Waals surface area contributed by atoms with Crippen molar-refractivity contribution in [2.24, 2.45) is 0 Å².